The minimum absolute atomic E-state index is 0.0746. The van der Waals surface area contributed by atoms with Crippen molar-refractivity contribution in [2.75, 3.05) is 26.0 Å². The second-order valence-electron chi connectivity index (χ2n) is 5.59. The van der Waals surface area contributed by atoms with Crippen molar-refractivity contribution in [1.29, 1.82) is 0 Å². The van der Waals surface area contributed by atoms with Crippen molar-refractivity contribution in [2.24, 2.45) is 0 Å². The lowest BCUT2D eigenvalue weighted by Crippen LogP contribution is -2.26. The zero-order chi connectivity index (χ0) is 20.7. The Morgan fingerprint density at radius 3 is 2.43 bits per heavy atom. The summed E-state index contributed by atoms with van der Waals surface area (Å²) in [7, 11) is -2.53. The van der Waals surface area contributed by atoms with E-state index in [0.717, 1.165) is 31.0 Å². The van der Waals surface area contributed by atoms with Crippen LogP contribution in [0.5, 0.6) is 5.75 Å². The Balaban J connectivity index is 1.93. The first-order valence-electron chi connectivity index (χ1n) is 8.11. The number of carbonyl (C=O) groups is 1. The van der Waals surface area contributed by atoms with Crippen LogP contribution in [-0.4, -0.2) is 40.4 Å². The SMILES string of the molecule is COC(=O)COc1c(F)cc(SCCNS(=O)(=O)c2ccccc2C)cc1F. The molecule has 0 saturated carbocycles. The first-order chi connectivity index (χ1) is 13.2. The van der Waals surface area contributed by atoms with Crippen molar-refractivity contribution in [3.8, 4) is 5.75 Å². The molecular formula is C18H19F2NO5S2. The minimum atomic E-state index is -3.66. The van der Waals surface area contributed by atoms with Crippen LogP contribution in [0.1, 0.15) is 5.56 Å². The number of esters is 1. The van der Waals surface area contributed by atoms with Crippen molar-refractivity contribution >= 4 is 27.8 Å². The van der Waals surface area contributed by atoms with Crippen LogP contribution in [0, 0.1) is 18.6 Å². The van der Waals surface area contributed by atoms with Crippen molar-refractivity contribution in [3.05, 3.63) is 53.6 Å². The quantitative estimate of drug-likeness (QED) is 0.374. The number of thioether (sulfide) groups is 1. The number of rotatable bonds is 9. The summed E-state index contributed by atoms with van der Waals surface area (Å²) in [6, 6.07) is 8.67. The van der Waals surface area contributed by atoms with Crippen LogP contribution >= 0.6 is 11.8 Å². The van der Waals surface area contributed by atoms with E-state index in [0.29, 0.717) is 5.56 Å². The number of ether oxygens (including phenoxy) is 2. The molecule has 0 aromatic heterocycles. The highest BCUT2D eigenvalue weighted by molar-refractivity contribution is 7.99. The Morgan fingerprint density at radius 1 is 1.18 bits per heavy atom. The largest absolute Gasteiger partial charge is 0.476 e. The predicted octanol–water partition coefficient (Wildman–Crippen LogP) is 2.90. The molecule has 0 bridgehead atoms. The molecule has 0 spiro atoms. The van der Waals surface area contributed by atoms with E-state index < -0.39 is 40.0 Å². The van der Waals surface area contributed by atoms with E-state index in [9.17, 15) is 22.0 Å². The molecule has 2 rings (SSSR count). The number of methoxy groups -OCH3 is 1. The summed E-state index contributed by atoms with van der Waals surface area (Å²) in [4.78, 5) is 11.4. The summed E-state index contributed by atoms with van der Waals surface area (Å²) in [5.74, 6) is -3.11. The summed E-state index contributed by atoms with van der Waals surface area (Å²) < 4.78 is 64.1. The van der Waals surface area contributed by atoms with Gasteiger partial charge in [0, 0.05) is 17.2 Å². The molecule has 0 atom stereocenters. The van der Waals surface area contributed by atoms with Crippen LogP contribution in [0.15, 0.2) is 46.2 Å². The Kier molecular flexibility index (Phi) is 7.78. The third-order valence-electron chi connectivity index (χ3n) is 3.58. The van der Waals surface area contributed by atoms with Crippen LogP contribution in [-0.2, 0) is 19.6 Å². The molecule has 0 aliphatic rings. The number of hydrogen-bond acceptors (Lipinski definition) is 6. The van der Waals surface area contributed by atoms with Gasteiger partial charge in [0.05, 0.1) is 12.0 Å². The number of hydrogen-bond donors (Lipinski definition) is 1. The topological polar surface area (TPSA) is 81.7 Å². The number of carbonyl (C=O) groups excluding carboxylic acids is 1. The van der Waals surface area contributed by atoms with Crippen molar-refractivity contribution < 1.29 is 31.5 Å². The van der Waals surface area contributed by atoms with Crippen LogP contribution < -0.4 is 9.46 Å². The van der Waals surface area contributed by atoms with Gasteiger partial charge in [-0.3, -0.25) is 0 Å². The van der Waals surface area contributed by atoms with Gasteiger partial charge in [0.25, 0.3) is 0 Å². The normalized spacial score (nSPS) is 11.3. The summed E-state index contributed by atoms with van der Waals surface area (Å²) in [5, 5.41) is 0. The van der Waals surface area contributed by atoms with Gasteiger partial charge in [-0.2, -0.15) is 0 Å². The molecular weight excluding hydrogens is 412 g/mol. The zero-order valence-electron chi connectivity index (χ0n) is 15.2. The van der Waals surface area contributed by atoms with Gasteiger partial charge in [0.2, 0.25) is 10.0 Å². The fourth-order valence-electron chi connectivity index (χ4n) is 2.23. The van der Waals surface area contributed by atoms with E-state index in [1.807, 2.05) is 0 Å². The minimum Gasteiger partial charge on any atom is -0.476 e. The third kappa shape index (κ3) is 5.91. The van der Waals surface area contributed by atoms with Crippen molar-refractivity contribution in [1.82, 2.24) is 4.72 Å². The molecule has 6 nitrogen and oxygen atoms in total. The number of nitrogens with one attached hydrogen (secondary N) is 1. The molecule has 0 radical (unpaired) electrons. The van der Waals surface area contributed by atoms with Crippen molar-refractivity contribution in [3.63, 3.8) is 0 Å². The van der Waals surface area contributed by atoms with Gasteiger partial charge >= 0.3 is 5.97 Å². The van der Waals surface area contributed by atoms with E-state index in [4.69, 9.17) is 4.74 Å². The van der Waals surface area contributed by atoms with E-state index >= 15 is 0 Å². The van der Waals surface area contributed by atoms with Gasteiger partial charge in [-0.05, 0) is 30.7 Å². The smallest absolute Gasteiger partial charge is 0.343 e. The second kappa shape index (κ2) is 9.85. The van der Waals surface area contributed by atoms with Crippen LogP contribution in [0.3, 0.4) is 0 Å². The zero-order valence-corrected chi connectivity index (χ0v) is 16.8. The van der Waals surface area contributed by atoms with Gasteiger partial charge in [-0.15, -0.1) is 11.8 Å². The molecule has 0 fully saturated rings. The summed E-state index contributed by atoms with van der Waals surface area (Å²) >= 11 is 1.07. The molecule has 28 heavy (non-hydrogen) atoms. The highest BCUT2D eigenvalue weighted by Gasteiger charge is 2.17. The van der Waals surface area contributed by atoms with E-state index in [1.165, 1.54) is 6.07 Å². The fraction of sp³-hybridized carbons (Fsp3) is 0.278. The Morgan fingerprint density at radius 2 is 1.82 bits per heavy atom. The maximum atomic E-state index is 14.0. The molecule has 0 unspecified atom stereocenters. The molecule has 2 aromatic rings. The number of benzene rings is 2. The van der Waals surface area contributed by atoms with Crippen molar-refractivity contribution in [2.45, 2.75) is 16.7 Å². The van der Waals surface area contributed by atoms with Crippen LogP contribution in [0.4, 0.5) is 8.78 Å². The Labute approximate surface area is 166 Å². The Hall–Kier alpha value is -2.17. The lowest BCUT2D eigenvalue weighted by atomic mass is 10.2. The van der Waals surface area contributed by atoms with E-state index in [2.05, 4.69) is 9.46 Å². The van der Waals surface area contributed by atoms with Crippen LogP contribution in [0.25, 0.3) is 0 Å². The van der Waals surface area contributed by atoms with Gasteiger partial charge in [-0.25, -0.2) is 26.7 Å². The van der Waals surface area contributed by atoms with Gasteiger partial charge in [0.1, 0.15) is 0 Å². The fourth-order valence-corrected chi connectivity index (χ4v) is 4.45. The summed E-state index contributed by atoms with van der Waals surface area (Å²) in [6.07, 6.45) is 0. The monoisotopic (exact) mass is 431 g/mol. The molecule has 2 aromatic carbocycles. The number of halogens is 2. The first-order valence-corrected chi connectivity index (χ1v) is 10.6. The molecule has 1 N–H and O–H groups in total. The lowest BCUT2D eigenvalue weighted by molar-refractivity contribution is -0.143. The molecule has 0 saturated heterocycles. The number of sulfonamides is 1. The van der Waals surface area contributed by atoms with Gasteiger partial charge in [0.15, 0.2) is 24.0 Å². The highest BCUT2D eigenvalue weighted by Crippen LogP contribution is 2.28. The summed E-state index contributed by atoms with van der Waals surface area (Å²) in [5.41, 5.74) is 0.620. The molecule has 0 amide bonds. The molecule has 0 heterocycles. The Bertz CT molecular complexity index is 928. The van der Waals surface area contributed by atoms with Gasteiger partial charge < -0.3 is 9.47 Å². The summed E-state index contributed by atoms with van der Waals surface area (Å²) in [6.45, 7) is 1.15. The maximum Gasteiger partial charge on any atom is 0.343 e. The maximum absolute atomic E-state index is 14.0. The third-order valence-corrected chi connectivity index (χ3v) is 6.18. The van der Waals surface area contributed by atoms with Crippen LogP contribution in [0.2, 0.25) is 0 Å². The predicted molar refractivity (Wildman–Crippen MR) is 101 cm³/mol. The number of aryl methyl sites for hydroxylation is 1. The molecule has 0 aliphatic carbocycles. The molecule has 152 valence electrons. The van der Waals surface area contributed by atoms with E-state index in [-0.39, 0.29) is 22.1 Å². The molecule has 0 aliphatic heterocycles. The lowest BCUT2D eigenvalue weighted by Gasteiger charge is -2.10. The molecule has 10 heteroatoms. The average Bonchev–Trinajstić information content (AvgIpc) is 2.64. The second-order valence-corrected chi connectivity index (χ2v) is 8.50. The standard InChI is InChI=1S/C18H19F2NO5S2/c1-12-5-3-4-6-16(12)28(23,24)21-7-8-27-13-9-14(19)18(15(20)10-13)26-11-17(22)25-2/h3-6,9-10,21H,7-8,11H2,1-2H3. The van der Waals surface area contributed by atoms with E-state index in [1.54, 1.807) is 25.1 Å². The average molecular weight is 431 g/mol. The van der Waals surface area contributed by atoms with Gasteiger partial charge in [-0.1, -0.05) is 18.2 Å². The first kappa shape index (κ1) is 22.1. The highest BCUT2D eigenvalue weighted by atomic mass is 32.2.